The number of fused-ring (bicyclic) bond motifs is 10. The summed E-state index contributed by atoms with van der Waals surface area (Å²) in [6, 6.07) is 0. The van der Waals surface area contributed by atoms with Gasteiger partial charge in [0.15, 0.2) is 12.2 Å². The molecule has 3 heterocycles. The number of ketones is 1. The SMILES string of the molecule is CCC(C)(C)C(=O)CC1(CC)CC2CC1C1C3CCC(C3)C21.CCC(C)(C)C(=O)OC12CC3CC(CC(O)(C3)C1)C2.CCC(C)(C)C(=O)OC1C2CC3C(=O)OC1C3O2. The first-order chi connectivity index (χ1) is 27.6. The third-order valence-corrected chi connectivity index (χ3v) is 19.1. The zero-order valence-corrected chi connectivity index (χ0v) is 38.2. The molecule has 3 saturated heterocycles. The molecule has 8 aliphatic carbocycles. The number of carbonyl (C=O) groups is 4. The number of ether oxygens (including phenoxy) is 4. The molecule has 1 N–H and O–H groups in total. The Hall–Kier alpha value is -2.00. The van der Waals surface area contributed by atoms with Crippen molar-refractivity contribution in [2.45, 2.75) is 214 Å². The molecule has 14 atom stereocenters. The lowest BCUT2D eigenvalue weighted by molar-refractivity contribution is -0.225. The fourth-order valence-corrected chi connectivity index (χ4v) is 14.9. The topological polar surface area (TPSA) is 125 Å². The van der Waals surface area contributed by atoms with E-state index >= 15 is 0 Å². The molecule has 59 heavy (non-hydrogen) atoms. The molecule has 0 amide bonds. The zero-order chi connectivity index (χ0) is 42.7. The largest absolute Gasteiger partial charge is 0.459 e. The van der Waals surface area contributed by atoms with Crippen molar-refractivity contribution in [1.82, 2.24) is 0 Å². The molecule has 0 aromatic carbocycles. The van der Waals surface area contributed by atoms with E-state index in [1.54, 1.807) is 0 Å². The number of hydrogen-bond donors (Lipinski definition) is 1. The average molecular weight is 823 g/mol. The summed E-state index contributed by atoms with van der Waals surface area (Å²) >= 11 is 0. The number of esters is 3. The molecule has 0 aromatic rings. The van der Waals surface area contributed by atoms with Gasteiger partial charge in [0.1, 0.15) is 17.5 Å². The summed E-state index contributed by atoms with van der Waals surface area (Å²) < 4.78 is 22.4. The Balaban J connectivity index is 0.000000124. The number of Topliss-reactive ketones (excluding diaryl/α,β-unsaturated/α-hetero) is 1. The van der Waals surface area contributed by atoms with Crippen molar-refractivity contribution in [2.75, 3.05) is 0 Å². The molecule has 0 radical (unpaired) electrons. The first kappa shape index (κ1) is 43.6. The number of rotatable bonds is 11. The first-order valence-corrected chi connectivity index (χ1v) is 24.2. The third kappa shape index (κ3) is 7.46. The molecule has 14 unspecified atom stereocenters. The summed E-state index contributed by atoms with van der Waals surface area (Å²) in [5.74, 6) is 7.03. The van der Waals surface area contributed by atoms with Gasteiger partial charge in [0, 0.05) is 18.3 Å². The lowest BCUT2D eigenvalue weighted by Crippen LogP contribution is -2.61. The van der Waals surface area contributed by atoms with Gasteiger partial charge in [-0.25, -0.2) is 0 Å². The second kappa shape index (κ2) is 15.1. The van der Waals surface area contributed by atoms with Gasteiger partial charge in [0.2, 0.25) is 0 Å². The standard InChI is InChI=1S/C21H34O.C16H26O3.C13H18O5/c1-5-20(3,4)17(22)12-21(6-2)11-15-10-16(21)19-14-8-7-13(9-14)18(15)19;1-4-14(2,3)13(17)19-16-8-11-5-12(9-16)7-15(18,6-11)10-16;1-4-13(2,3)12(15)18-9-7-5-6-8(16-7)10(9)17-11(6)14/h13-16,18-19H,5-12H2,1-4H3;11-12,18H,4-10H2,1-3H3;6-10H,4-5H2,1-3H3. The van der Waals surface area contributed by atoms with Crippen LogP contribution in [0.4, 0.5) is 0 Å². The predicted octanol–water partition coefficient (Wildman–Crippen LogP) is 9.58. The molecule has 11 fully saturated rings. The second-order valence-corrected chi connectivity index (χ2v) is 23.8. The summed E-state index contributed by atoms with van der Waals surface area (Å²) in [6.45, 7) is 20.4. The molecule has 9 nitrogen and oxygen atoms in total. The van der Waals surface area contributed by atoms with Gasteiger partial charge in [0.05, 0.1) is 28.5 Å². The van der Waals surface area contributed by atoms with Gasteiger partial charge in [-0.05, 0) is 177 Å². The third-order valence-electron chi connectivity index (χ3n) is 19.1. The van der Waals surface area contributed by atoms with Crippen LogP contribution in [0, 0.1) is 74.9 Å². The van der Waals surface area contributed by atoms with Gasteiger partial charge in [-0.15, -0.1) is 0 Å². The predicted molar refractivity (Wildman–Crippen MR) is 224 cm³/mol. The smallest absolute Gasteiger partial charge is 0.312 e. The summed E-state index contributed by atoms with van der Waals surface area (Å²) in [7, 11) is 0. The molecule has 332 valence electrons. The highest BCUT2D eigenvalue weighted by Gasteiger charge is 2.67. The molecule has 0 aromatic heterocycles. The van der Waals surface area contributed by atoms with Crippen LogP contribution < -0.4 is 0 Å². The van der Waals surface area contributed by atoms with Crippen molar-refractivity contribution in [1.29, 1.82) is 0 Å². The molecule has 11 aliphatic rings. The average Bonchev–Trinajstić information content (AvgIpc) is 4.04. The van der Waals surface area contributed by atoms with Crippen LogP contribution in [0.2, 0.25) is 0 Å². The van der Waals surface area contributed by atoms with Crippen LogP contribution in [0.5, 0.6) is 0 Å². The molecular weight excluding hydrogens is 745 g/mol. The van der Waals surface area contributed by atoms with Crippen molar-refractivity contribution < 1.29 is 43.2 Å². The van der Waals surface area contributed by atoms with Gasteiger partial charge in [-0.1, -0.05) is 41.5 Å². The molecule has 9 heteroatoms. The van der Waals surface area contributed by atoms with E-state index in [0.717, 1.165) is 80.5 Å². The van der Waals surface area contributed by atoms with E-state index in [1.807, 2.05) is 41.5 Å². The summed E-state index contributed by atoms with van der Waals surface area (Å²) in [6.07, 6.45) is 17.1. The Labute approximate surface area is 354 Å². The van der Waals surface area contributed by atoms with Crippen LogP contribution in [0.3, 0.4) is 0 Å². The molecule has 0 spiro atoms. The van der Waals surface area contributed by atoms with E-state index in [9.17, 15) is 24.3 Å². The first-order valence-electron chi connectivity index (χ1n) is 24.2. The van der Waals surface area contributed by atoms with E-state index in [0.29, 0.717) is 42.3 Å². The van der Waals surface area contributed by atoms with Crippen LogP contribution in [0.25, 0.3) is 0 Å². The van der Waals surface area contributed by atoms with E-state index < -0.39 is 28.6 Å². The van der Waals surface area contributed by atoms with Crippen molar-refractivity contribution in [3.63, 3.8) is 0 Å². The highest BCUT2D eigenvalue weighted by atomic mass is 16.7. The van der Waals surface area contributed by atoms with E-state index in [4.69, 9.17) is 18.9 Å². The van der Waals surface area contributed by atoms with Gasteiger partial charge >= 0.3 is 17.9 Å². The maximum atomic E-state index is 12.9. The maximum Gasteiger partial charge on any atom is 0.312 e. The van der Waals surface area contributed by atoms with Crippen LogP contribution in [-0.2, 0) is 38.1 Å². The Kier molecular flexibility index (Phi) is 11.2. The molecule has 10 bridgehead atoms. The highest BCUT2D eigenvalue weighted by molar-refractivity contribution is 5.84. The van der Waals surface area contributed by atoms with E-state index in [-0.39, 0.29) is 47.0 Å². The van der Waals surface area contributed by atoms with Crippen LogP contribution in [-0.4, -0.2) is 64.4 Å². The quantitative estimate of drug-likeness (QED) is 0.123. The van der Waals surface area contributed by atoms with Crippen LogP contribution in [0.15, 0.2) is 0 Å². The minimum atomic E-state index is -0.555. The normalized spacial score (nSPS) is 45.1. The summed E-state index contributed by atoms with van der Waals surface area (Å²) in [5.41, 5.74) is -1.57. The minimum Gasteiger partial charge on any atom is -0.459 e. The molecule has 11 rings (SSSR count). The molecular formula is C50H78O9. The van der Waals surface area contributed by atoms with Crippen LogP contribution >= 0.6 is 0 Å². The Morgan fingerprint density at radius 2 is 1.34 bits per heavy atom. The minimum absolute atomic E-state index is 0.0828. The van der Waals surface area contributed by atoms with E-state index in [2.05, 4.69) is 27.7 Å². The second-order valence-electron chi connectivity index (χ2n) is 23.8. The maximum absolute atomic E-state index is 12.9. The Morgan fingerprint density at radius 3 is 1.93 bits per heavy atom. The van der Waals surface area contributed by atoms with Gasteiger partial charge < -0.3 is 24.1 Å². The molecule has 3 aliphatic heterocycles. The van der Waals surface area contributed by atoms with Crippen molar-refractivity contribution in [3.8, 4) is 0 Å². The fraction of sp³-hybridized carbons (Fsp3) is 0.920. The van der Waals surface area contributed by atoms with E-state index in [1.165, 1.54) is 44.9 Å². The lowest BCUT2D eigenvalue weighted by Gasteiger charge is -2.59. The lowest BCUT2D eigenvalue weighted by atomic mass is 9.52. The van der Waals surface area contributed by atoms with Crippen LogP contribution in [0.1, 0.15) is 178 Å². The van der Waals surface area contributed by atoms with Crippen molar-refractivity contribution in [3.05, 3.63) is 0 Å². The molecule has 8 saturated carbocycles. The van der Waals surface area contributed by atoms with Gasteiger partial charge in [-0.3, -0.25) is 19.2 Å². The Bertz CT molecular complexity index is 1650. The van der Waals surface area contributed by atoms with Gasteiger partial charge in [-0.2, -0.15) is 0 Å². The van der Waals surface area contributed by atoms with Crippen molar-refractivity contribution >= 4 is 23.7 Å². The van der Waals surface area contributed by atoms with Crippen molar-refractivity contribution in [2.24, 2.45) is 74.9 Å². The summed E-state index contributed by atoms with van der Waals surface area (Å²) in [4.78, 5) is 48.9. The number of aliphatic hydroxyl groups is 1. The van der Waals surface area contributed by atoms with Gasteiger partial charge in [0.25, 0.3) is 0 Å². The fourth-order valence-electron chi connectivity index (χ4n) is 14.9. The zero-order valence-electron chi connectivity index (χ0n) is 38.2. The number of hydrogen-bond acceptors (Lipinski definition) is 9. The monoisotopic (exact) mass is 823 g/mol. The summed E-state index contributed by atoms with van der Waals surface area (Å²) in [5, 5.41) is 10.6. The highest BCUT2D eigenvalue weighted by Crippen LogP contribution is 2.73. The Morgan fingerprint density at radius 1 is 0.729 bits per heavy atom. The number of carbonyl (C=O) groups excluding carboxylic acids is 4.